The van der Waals surface area contributed by atoms with Gasteiger partial charge in [-0.15, -0.1) is 0 Å². The van der Waals surface area contributed by atoms with E-state index < -0.39 is 56.1 Å². The first-order valence-electron chi connectivity index (χ1n) is 13.6. The third kappa shape index (κ3) is 6.76. The standard InChI is InChI=1S/C27H44N4O6S/c1-25(2,3)37-24(35)31(23(28)34)20-14-11-9-7-8-10-13-18-17-27(18,38(36)26(4,5)6)29-21(32)19-15-12-16-30(19)22(20)33/h10,13,18-20H,7-9,11-12,14-17H2,1-6H3,(H2,28,34)(H,29,32)/b13-10-/t18?,19?,20?,27?,38-/m1/s1. The minimum absolute atomic E-state index is 0.0348. The largest absolute Gasteiger partial charge is 0.443 e. The number of allylic oxidation sites excluding steroid dienone is 1. The molecule has 2 fully saturated rings. The number of imide groups is 1. The number of ether oxygens (including phenoxy) is 1. The van der Waals surface area contributed by atoms with Crippen LogP contribution in [0.2, 0.25) is 0 Å². The maximum absolute atomic E-state index is 13.9. The summed E-state index contributed by atoms with van der Waals surface area (Å²) in [6.07, 6.45) is 7.98. The Hall–Kier alpha value is -2.43. The summed E-state index contributed by atoms with van der Waals surface area (Å²) >= 11 is 0. The number of carbonyl (C=O) groups is 4. The van der Waals surface area contributed by atoms with Crippen LogP contribution in [0.4, 0.5) is 9.59 Å². The SMILES string of the molecule is CC(C)(C)OC(=O)N(C(N)=O)C1CCCCC/C=C\C2CC2([S@](=O)C(C)(C)C)NC(=O)C2CCCN2C1=O. The van der Waals surface area contributed by atoms with Crippen LogP contribution in [0.5, 0.6) is 0 Å². The Balaban J connectivity index is 1.95. The summed E-state index contributed by atoms with van der Waals surface area (Å²) in [5.74, 6) is -0.896. The summed E-state index contributed by atoms with van der Waals surface area (Å²) in [7, 11) is -1.36. The molecule has 0 aromatic carbocycles. The van der Waals surface area contributed by atoms with Gasteiger partial charge in [-0.1, -0.05) is 25.0 Å². The number of carbonyl (C=O) groups excluding carboxylic acids is 4. The molecule has 10 nitrogen and oxygen atoms in total. The van der Waals surface area contributed by atoms with Gasteiger partial charge in [-0.05, 0) is 80.1 Å². The highest BCUT2D eigenvalue weighted by molar-refractivity contribution is 7.88. The van der Waals surface area contributed by atoms with Crippen molar-refractivity contribution in [3.63, 3.8) is 0 Å². The Labute approximate surface area is 228 Å². The molecule has 0 aromatic rings. The topological polar surface area (TPSA) is 139 Å². The maximum Gasteiger partial charge on any atom is 0.419 e. The first-order valence-corrected chi connectivity index (χ1v) is 14.8. The van der Waals surface area contributed by atoms with E-state index >= 15 is 0 Å². The molecule has 0 spiro atoms. The van der Waals surface area contributed by atoms with E-state index in [1.54, 1.807) is 20.8 Å². The lowest BCUT2D eigenvalue weighted by Gasteiger charge is -2.35. The minimum atomic E-state index is -1.36. The molecule has 1 saturated heterocycles. The lowest BCUT2D eigenvalue weighted by atomic mass is 10.0. The second-order valence-electron chi connectivity index (χ2n) is 12.5. The number of nitrogens with one attached hydrogen (secondary N) is 1. The molecule has 38 heavy (non-hydrogen) atoms. The molecule has 3 N–H and O–H groups in total. The van der Waals surface area contributed by atoms with Crippen LogP contribution in [0.25, 0.3) is 0 Å². The maximum atomic E-state index is 13.9. The van der Waals surface area contributed by atoms with Gasteiger partial charge in [0.2, 0.25) is 11.8 Å². The predicted octanol–water partition coefficient (Wildman–Crippen LogP) is 3.56. The van der Waals surface area contributed by atoms with Crippen LogP contribution < -0.4 is 11.1 Å². The second-order valence-corrected chi connectivity index (χ2v) is 15.0. The Kier molecular flexibility index (Phi) is 9.00. The van der Waals surface area contributed by atoms with Crippen molar-refractivity contribution >= 4 is 34.7 Å². The molecular formula is C27H44N4O6S. The average Bonchev–Trinajstić information content (AvgIpc) is 3.23. The van der Waals surface area contributed by atoms with Gasteiger partial charge in [-0.2, -0.15) is 0 Å². The fourth-order valence-corrected chi connectivity index (χ4v) is 7.28. The van der Waals surface area contributed by atoms with Crippen molar-refractivity contribution in [1.29, 1.82) is 0 Å². The van der Waals surface area contributed by atoms with Crippen LogP contribution in [0.1, 0.15) is 92.9 Å². The molecule has 2 heterocycles. The number of hydrogen-bond acceptors (Lipinski definition) is 6. The molecule has 0 bridgehead atoms. The van der Waals surface area contributed by atoms with Crippen LogP contribution in [-0.2, 0) is 25.1 Å². The number of rotatable bonds is 2. The molecule has 0 radical (unpaired) electrons. The van der Waals surface area contributed by atoms with Gasteiger partial charge < -0.3 is 20.7 Å². The van der Waals surface area contributed by atoms with E-state index in [-0.39, 0.29) is 18.2 Å². The molecule has 0 aromatic heterocycles. The Morgan fingerprint density at radius 1 is 1.11 bits per heavy atom. The van der Waals surface area contributed by atoms with Gasteiger partial charge in [0.1, 0.15) is 22.6 Å². The van der Waals surface area contributed by atoms with Crippen LogP contribution >= 0.6 is 0 Å². The van der Waals surface area contributed by atoms with Crippen LogP contribution in [0.3, 0.4) is 0 Å². The molecule has 2 aliphatic heterocycles. The zero-order valence-electron chi connectivity index (χ0n) is 23.6. The quantitative estimate of drug-likeness (QED) is 0.502. The third-order valence-electron chi connectivity index (χ3n) is 7.16. The van der Waals surface area contributed by atoms with Crippen molar-refractivity contribution in [1.82, 2.24) is 15.1 Å². The zero-order valence-corrected chi connectivity index (χ0v) is 24.4. The molecule has 3 aliphatic rings. The van der Waals surface area contributed by atoms with Crippen molar-refractivity contribution in [2.24, 2.45) is 11.7 Å². The third-order valence-corrected chi connectivity index (χ3v) is 9.51. The number of hydrogen-bond donors (Lipinski definition) is 2. The molecule has 1 aliphatic carbocycles. The Bertz CT molecular complexity index is 1000. The van der Waals surface area contributed by atoms with Crippen molar-refractivity contribution < 1.29 is 28.1 Å². The van der Waals surface area contributed by atoms with E-state index in [0.29, 0.717) is 37.1 Å². The highest BCUT2D eigenvalue weighted by atomic mass is 32.2. The summed E-state index contributed by atoms with van der Waals surface area (Å²) in [5.41, 5.74) is 4.71. The molecule has 11 heteroatoms. The summed E-state index contributed by atoms with van der Waals surface area (Å²) in [6, 6.07) is -3.04. The second kappa shape index (κ2) is 11.4. The van der Waals surface area contributed by atoms with Crippen LogP contribution in [0, 0.1) is 5.92 Å². The number of urea groups is 1. The summed E-state index contributed by atoms with van der Waals surface area (Å²) in [4.78, 5) is 54.3. The normalized spacial score (nSPS) is 30.6. The molecule has 3 rings (SSSR count). The smallest absolute Gasteiger partial charge is 0.419 e. The van der Waals surface area contributed by atoms with Crippen molar-refractivity contribution in [2.45, 2.75) is 120 Å². The molecule has 4 unspecified atom stereocenters. The van der Waals surface area contributed by atoms with Gasteiger partial charge in [0.25, 0.3) is 0 Å². The predicted molar refractivity (Wildman–Crippen MR) is 145 cm³/mol. The molecule has 5 amide bonds. The van der Waals surface area contributed by atoms with Gasteiger partial charge >= 0.3 is 12.1 Å². The van der Waals surface area contributed by atoms with Gasteiger partial charge in [0.05, 0.1) is 10.8 Å². The van der Waals surface area contributed by atoms with Crippen molar-refractivity contribution in [3.8, 4) is 0 Å². The molecule has 1 saturated carbocycles. The van der Waals surface area contributed by atoms with Crippen LogP contribution in [-0.4, -0.2) is 71.8 Å². The molecule has 5 atom stereocenters. The summed E-state index contributed by atoms with van der Waals surface area (Å²) in [5, 5.41) is 3.07. The van der Waals surface area contributed by atoms with E-state index in [1.807, 2.05) is 20.8 Å². The highest BCUT2D eigenvalue weighted by Gasteiger charge is 2.62. The van der Waals surface area contributed by atoms with Crippen molar-refractivity contribution in [3.05, 3.63) is 12.2 Å². The van der Waals surface area contributed by atoms with Gasteiger partial charge in [0, 0.05) is 17.2 Å². The number of fused-ring (bicyclic) bond motifs is 2. The minimum Gasteiger partial charge on any atom is -0.443 e. The lowest BCUT2D eigenvalue weighted by molar-refractivity contribution is -0.142. The van der Waals surface area contributed by atoms with E-state index in [1.165, 1.54) is 4.90 Å². The highest BCUT2D eigenvalue weighted by Crippen LogP contribution is 2.50. The van der Waals surface area contributed by atoms with E-state index in [4.69, 9.17) is 10.5 Å². The van der Waals surface area contributed by atoms with Gasteiger partial charge in [-0.25, -0.2) is 14.5 Å². The number of nitrogens with zero attached hydrogens (tertiary/aromatic N) is 2. The van der Waals surface area contributed by atoms with Gasteiger partial charge in [0.15, 0.2) is 0 Å². The zero-order chi connectivity index (χ0) is 28.5. The average molecular weight is 553 g/mol. The summed E-state index contributed by atoms with van der Waals surface area (Å²) < 4.78 is 18.4. The lowest BCUT2D eigenvalue weighted by Crippen LogP contribution is -2.59. The molecular weight excluding hydrogens is 508 g/mol. The van der Waals surface area contributed by atoms with E-state index in [2.05, 4.69) is 17.5 Å². The first kappa shape index (κ1) is 30.1. The Morgan fingerprint density at radius 3 is 2.39 bits per heavy atom. The Morgan fingerprint density at radius 2 is 1.79 bits per heavy atom. The summed E-state index contributed by atoms with van der Waals surface area (Å²) in [6.45, 7) is 11.0. The van der Waals surface area contributed by atoms with E-state index in [0.717, 1.165) is 19.3 Å². The number of primary amides is 1. The molecule has 214 valence electrons. The van der Waals surface area contributed by atoms with E-state index in [9.17, 15) is 23.4 Å². The van der Waals surface area contributed by atoms with Crippen molar-refractivity contribution in [2.75, 3.05) is 6.54 Å². The fourth-order valence-electron chi connectivity index (χ4n) is 5.31. The monoisotopic (exact) mass is 552 g/mol. The fraction of sp³-hybridized carbons (Fsp3) is 0.778. The van der Waals surface area contributed by atoms with Crippen LogP contribution in [0.15, 0.2) is 12.2 Å². The van der Waals surface area contributed by atoms with Gasteiger partial charge in [-0.3, -0.25) is 13.8 Å². The number of amides is 5. The number of nitrogens with two attached hydrogens (primary N) is 1. The first-order chi connectivity index (χ1) is 17.6.